The molecule has 31 heavy (non-hydrogen) atoms. The molecule has 3 aromatic carbocycles. The minimum atomic E-state index is -3.29. The Bertz CT molecular complexity index is 1280. The van der Waals surface area contributed by atoms with Gasteiger partial charge in [-0.05, 0) is 55.5 Å². The SMILES string of the molecule is CC(Oc1ccc(Cl)cc1)c1nc(-c2ccccc2)c(-c2ccc(S(C)(=O)=O)cc2)o1. The summed E-state index contributed by atoms with van der Waals surface area (Å²) in [6.07, 6.45) is 0.729. The van der Waals surface area contributed by atoms with Gasteiger partial charge in [0.2, 0.25) is 5.89 Å². The summed E-state index contributed by atoms with van der Waals surface area (Å²) in [7, 11) is -3.29. The first kappa shape index (κ1) is 21.2. The van der Waals surface area contributed by atoms with Gasteiger partial charge in [0, 0.05) is 22.4 Å². The van der Waals surface area contributed by atoms with Crippen LogP contribution in [-0.4, -0.2) is 19.7 Å². The zero-order chi connectivity index (χ0) is 22.0. The molecule has 0 spiro atoms. The average Bonchev–Trinajstić information content (AvgIpc) is 3.21. The summed E-state index contributed by atoms with van der Waals surface area (Å²) in [5.41, 5.74) is 2.27. The number of nitrogens with zero attached hydrogens (tertiary/aromatic N) is 1. The first-order valence-corrected chi connectivity index (χ1v) is 11.9. The van der Waals surface area contributed by atoms with Crippen molar-refractivity contribution in [2.75, 3.05) is 6.26 Å². The van der Waals surface area contributed by atoms with E-state index < -0.39 is 15.9 Å². The maximum absolute atomic E-state index is 11.8. The Labute approximate surface area is 186 Å². The van der Waals surface area contributed by atoms with Gasteiger partial charge in [0.05, 0.1) is 4.90 Å². The van der Waals surface area contributed by atoms with Crippen LogP contribution in [0.4, 0.5) is 0 Å². The van der Waals surface area contributed by atoms with Gasteiger partial charge in [-0.1, -0.05) is 41.9 Å². The molecule has 0 amide bonds. The van der Waals surface area contributed by atoms with Gasteiger partial charge in [0.25, 0.3) is 0 Å². The number of hydrogen-bond donors (Lipinski definition) is 0. The van der Waals surface area contributed by atoms with E-state index in [-0.39, 0.29) is 4.90 Å². The van der Waals surface area contributed by atoms with Crippen molar-refractivity contribution >= 4 is 21.4 Å². The van der Waals surface area contributed by atoms with E-state index >= 15 is 0 Å². The van der Waals surface area contributed by atoms with E-state index in [2.05, 4.69) is 0 Å². The third-order valence-corrected chi connectivity index (χ3v) is 6.09. The van der Waals surface area contributed by atoms with Crippen molar-refractivity contribution in [1.29, 1.82) is 0 Å². The molecule has 0 aliphatic carbocycles. The molecule has 7 heteroatoms. The molecule has 0 N–H and O–H groups in total. The van der Waals surface area contributed by atoms with E-state index in [4.69, 9.17) is 25.7 Å². The van der Waals surface area contributed by atoms with Crippen LogP contribution in [0.3, 0.4) is 0 Å². The second kappa shape index (κ2) is 8.57. The molecule has 0 saturated heterocycles. The van der Waals surface area contributed by atoms with Crippen LogP contribution >= 0.6 is 11.6 Å². The van der Waals surface area contributed by atoms with Crippen LogP contribution in [0.2, 0.25) is 5.02 Å². The Morgan fingerprint density at radius 2 is 1.55 bits per heavy atom. The highest BCUT2D eigenvalue weighted by atomic mass is 35.5. The lowest BCUT2D eigenvalue weighted by atomic mass is 10.1. The number of sulfone groups is 1. The summed E-state index contributed by atoms with van der Waals surface area (Å²) in [6, 6.07) is 23.3. The van der Waals surface area contributed by atoms with Crippen LogP contribution in [0.15, 0.2) is 88.2 Å². The van der Waals surface area contributed by atoms with Gasteiger partial charge in [-0.2, -0.15) is 0 Å². The fraction of sp³-hybridized carbons (Fsp3) is 0.125. The first-order chi connectivity index (χ1) is 14.8. The Kier molecular flexibility index (Phi) is 5.85. The van der Waals surface area contributed by atoms with Crippen LogP contribution in [-0.2, 0) is 9.84 Å². The van der Waals surface area contributed by atoms with Crippen LogP contribution in [0.25, 0.3) is 22.6 Å². The molecule has 0 radical (unpaired) electrons. The lowest BCUT2D eigenvalue weighted by molar-refractivity contribution is 0.190. The van der Waals surface area contributed by atoms with Gasteiger partial charge >= 0.3 is 0 Å². The molecule has 1 heterocycles. The summed E-state index contributed by atoms with van der Waals surface area (Å²) >= 11 is 5.94. The number of benzene rings is 3. The maximum atomic E-state index is 11.8. The number of aromatic nitrogens is 1. The minimum absolute atomic E-state index is 0.247. The lowest BCUT2D eigenvalue weighted by Crippen LogP contribution is -2.03. The Balaban J connectivity index is 1.73. The van der Waals surface area contributed by atoms with Crippen LogP contribution in [0, 0.1) is 0 Å². The van der Waals surface area contributed by atoms with E-state index in [1.165, 1.54) is 6.26 Å². The summed E-state index contributed by atoms with van der Waals surface area (Å²) in [4.78, 5) is 4.95. The number of hydrogen-bond acceptors (Lipinski definition) is 5. The molecule has 0 aliphatic rings. The average molecular weight is 454 g/mol. The van der Waals surface area contributed by atoms with Gasteiger partial charge in [-0.3, -0.25) is 0 Å². The number of rotatable bonds is 6. The quantitative estimate of drug-likeness (QED) is 0.347. The summed E-state index contributed by atoms with van der Waals surface area (Å²) in [6.45, 7) is 1.85. The van der Waals surface area contributed by atoms with Crippen LogP contribution in [0.5, 0.6) is 5.75 Å². The molecule has 1 atom stereocenters. The van der Waals surface area contributed by atoms with Gasteiger partial charge in [-0.25, -0.2) is 13.4 Å². The third-order valence-electron chi connectivity index (χ3n) is 4.71. The predicted octanol–water partition coefficient (Wildman–Crippen LogP) is 6.21. The molecule has 1 aromatic heterocycles. The van der Waals surface area contributed by atoms with E-state index in [9.17, 15) is 8.42 Å². The Morgan fingerprint density at radius 3 is 2.16 bits per heavy atom. The molecule has 0 aliphatic heterocycles. The minimum Gasteiger partial charge on any atom is -0.481 e. The smallest absolute Gasteiger partial charge is 0.236 e. The van der Waals surface area contributed by atoms with Gasteiger partial charge in [0.1, 0.15) is 11.4 Å². The monoisotopic (exact) mass is 453 g/mol. The molecule has 158 valence electrons. The van der Waals surface area contributed by atoms with Crippen LogP contribution in [0.1, 0.15) is 18.9 Å². The second-order valence-electron chi connectivity index (χ2n) is 7.11. The van der Waals surface area contributed by atoms with E-state index in [0.29, 0.717) is 28.1 Å². The first-order valence-electron chi connectivity index (χ1n) is 9.60. The normalized spacial score (nSPS) is 12.5. The highest BCUT2D eigenvalue weighted by Gasteiger charge is 2.22. The zero-order valence-corrected chi connectivity index (χ0v) is 18.5. The Hall–Kier alpha value is -3.09. The van der Waals surface area contributed by atoms with Crippen molar-refractivity contribution < 1.29 is 17.6 Å². The zero-order valence-electron chi connectivity index (χ0n) is 16.9. The van der Waals surface area contributed by atoms with E-state index in [1.54, 1.807) is 48.5 Å². The summed E-state index contributed by atoms with van der Waals surface area (Å²) < 4.78 is 35.7. The maximum Gasteiger partial charge on any atom is 0.236 e. The number of halogens is 1. The molecule has 4 aromatic rings. The number of oxazole rings is 1. The van der Waals surface area contributed by atoms with E-state index in [1.807, 2.05) is 37.3 Å². The lowest BCUT2D eigenvalue weighted by Gasteiger charge is -2.11. The van der Waals surface area contributed by atoms with Gasteiger partial charge in [-0.15, -0.1) is 0 Å². The summed E-state index contributed by atoms with van der Waals surface area (Å²) in [5, 5.41) is 0.627. The molecule has 0 bridgehead atoms. The summed E-state index contributed by atoms with van der Waals surface area (Å²) in [5.74, 6) is 1.61. The highest BCUT2D eigenvalue weighted by Crippen LogP contribution is 2.35. The van der Waals surface area contributed by atoms with E-state index in [0.717, 1.165) is 11.1 Å². The van der Waals surface area contributed by atoms with Crippen molar-refractivity contribution in [3.63, 3.8) is 0 Å². The highest BCUT2D eigenvalue weighted by molar-refractivity contribution is 7.90. The number of ether oxygens (including phenoxy) is 1. The predicted molar refractivity (Wildman–Crippen MR) is 121 cm³/mol. The van der Waals surface area contributed by atoms with Crippen LogP contribution < -0.4 is 4.74 Å². The van der Waals surface area contributed by atoms with Crippen molar-refractivity contribution in [3.8, 4) is 28.3 Å². The van der Waals surface area contributed by atoms with Gasteiger partial charge < -0.3 is 9.15 Å². The molecule has 1 unspecified atom stereocenters. The Morgan fingerprint density at radius 1 is 0.903 bits per heavy atom. The van der Waals surface area contributed by atoms with Crippen molar-refractivity contribution in [3.05, 3.63) is 89.8 Å². The molecular formula is C24H20ClNO4S. The standard InChI is InChI=1S/C24H20ClNO4S/c1-16(29-20-12-10-19(25)11-13-20)24-26-22(17-6-4-3-5-7-17)23(30-24)18-8-14-21(15-9-18)31(2,27)28/h3-16H,1-2H3. The second-order valence-corrected chi connectivity index (χ2v) is 9.56. The molecule has 0 saturated carbocycles. The fourth-order valence-corrected chi connectivity index (χ4v) is 3.88. The topological polar surface area (TPSA) is 69.4 Å². The third kappa shape index (κ3) is 4.81. The molecular weight excluding hydrogens is 434 g/mol. The largest absolute Gasteiger partial charge is 0.481 e. The van der Waals surface area contributed by atoms with Crippen molar-refractivity contribution in [2.24, 2.45) is 0 Å². The molecule has 5 nitrogen and oxygen atoms in total. The molecule has 4 rings (SSSR count). The van der Waals surface area contributed by atoms with Crippen molar-refractivity contribution in [2.45, 2.75) is 17.9 Å². The van der Waals surface area contributed by atoms with Gasteiger partial charge in [0.15, 0.2) is 21.7 Å². The fourth-order valence-electron chi connectivity index (χ4n) is 3.12. The van der Waals surface area contributed by atoms with Crippen molar-refractivity contribution in [1.82, 2.24) is 4.98 Å². The molecule has 0 fully saturated rings.